The van der Waals surface area contributed by atoms with E-state index in [1.807, 2.05) is 32.3 Å². The number of halogens is 1. The third kappa shape index (κ3) is 8.38. The number of rotatable bonds is 5. The van der Waals surface area contributed by atoms with E-state index >= 15 is 0 Å². The number of primary amides is 1. The van der Waals surface area contributed by atoms with Crippen molar-refractivity contribution < 1.29 is 4.79 Å². The minimum Gasteiger partial charge on any atom is -0.386 e. The van der Waals surface area contributed by atoms with Crippen molar-refractivity contribution in [2.45, 2.75) is 41.0 Å². The fraction of sp³-hybridized carbons (Fsp3) is 0.250. The van der Waals surface area contributed by atoms with E-state index in [1.165, 1.54) is 23.6 Å². The smallest absolute Gasteiger partial charge is 0.248 e. The maximum Gasteiger partial charge on any atom is 0.248 e. The Labute approximate surface area is 208 Å². The first-order valence-electron chi connectivity index (χ1n) is 11.0. The molecule has 0 aliphatic rings. The van der Waals surface area contributed by atoms with Gasteiger partial charge in [-0.3, -0.25) is 9.78 Å². The van der Waals surface area contributed by atoms with Crippen LogP contribution in [0.15, 0.2) is 60.9 Å². The number of nitrogens with two attached hydrogens (primary N) is 1. The lowest BCUT2D eigenvalue weighted by Crippen LogP contribution is -2.10. The van der Waals surface area contributed by atoms with Gasteiger partial charge in [-0.15, -0.1) is 0 Å². The number of aromatic nitrogens is 1. The summed E-state index contributed by atoms with van der Waals surface area (Å²) in [6.07, 6.45) is 6.74. The molecule has 0 saturated carbocycles. The lowest BCUT2D eigenvalue weighted by Gasteiger charge is -2.15. The van der Waals surface area contributed by atoms with Gasteiger partial charge in [-0.2, -0.15) is 5.26 Å². The summed E-state index contributed by atoms with van der Waals surface area (Å²) >= 11 is 6.53. The highest BCUT2D eigenvalue weighted by molar-refractivity contribution is 6.35. The number of carbonyl (C=O) groups excluding carboxylic acids is 1. The maximum absolute atomic E-state index is 10.5. The number of pyridine rings is 1. The molecular formula is C28H33ClN4O. The average Bonchev–Trinajstić information content (AvgIpc) is 2.80. The molecule has 34 heavy (non-hydrogen) atoms. The number of nitriles is 1. The molecule has 0 saturated heterocycles. The molecule has 0 radical (unpaired) electrons. The van der Waals surface area contributed by atoms with Crippen LogP contribution in [0, 0.1) is 32.1 Å². The van der Waals surface area contributed by atoms with Gasteiger partial charge in [0.2, 0.25) is 5.91 Å². The molecule has 1 heterocycles. The fourth-order valence-corrected chi connectivity index (χ4v) is 3.50. The molecule has 0 aliphatic carbocycles. The third-order valence-electron chi connectivity index (χ3n) is 4.86. The monoisotopic (exact) mass is 476 g/mol. The molecule has 0 fully saturated rings. The molecule has 0 atom stereocenters. The largest absolute Gasteiger partial charge is 0.386 e. The van der Waals surface area contributed by atoms with Gasteiger partial charge in [0.1, 0.15) is 0 Å². The van der Waals surface area contributed by atoms with Crippen LogP contribution < -0.4 is 11.1 Å². The van der Waals surface area contributed by atoms with E-state index < -0.39 is 0 Å². The fourth-order valence-electron chi connectivity index (χ4n) is 3.21. The SMILES string of the molecule is CC#N.CC/C=C(\c1ccc(C)cc1C)c1cncc(NC)c1Cl.Cc1ccc(C(N)=O)cc1. The van der Waals surface area contributed by atoms with E-state index in [1.54, 1.807) is 24.4 Å². The summed E-state index contributed by atoms with van der Waals surface area (Å²) in [5.74, 6) is -0.375. The highest BCUT2D eigenvalue weighted by atomic mass is 35.5. The van der Waals surface area contributed by atoms with Crippen LogP contribution in [0.5, 0.6) is 0 Å². The second-order valence-electron chi connectivity index (χ2n) is 7.60. The number of hydrogen-bond donors (Lipinski definition) is 2. The Morgan fingerprint density at radius 3 is 2.18 bits per heavy atom. The van der Waals surface area contributed by atoms with Crippen molar-refractivity contribution in [3.63, 3.8) is 0 Å². The number of aryl methyl sites for hydroxylation is 3. The lowest BCUT2D eigenvalue weighted by molar-refractivity contribution is 0.100. The quantitative estimate of drug-likeness (QED) is 0.420. The van der Waals surface area contributed by atoms with E-state index in [2.05, 4.69) is 55.3 Å². The molecule has 3 rings (SSSR count). The molecule has 0 aliphatic heterocycles. The van der Waals surface area contributed by atoms with Crippen molar-refractivity contribution in [3.05, 3.63) is 99.3 Å². The Morgan fingerprint density at radius 1 is 1.09 bits per heavy atom. The molecule has 3 N–H and O–H groups in total. The van der Waals surface area contributed by atoms with Gasteiger partial charge in [0.25, 0.3) is 0 Å². The minimum absolute atomic E-state index is 0.375. The van der Waals surface area contributed by atoms with Crippen LogP contribution in [-0.4, -0.2) is 17.9 Å². The summed E-state index contributed by atoms with van der Waals surface area (Å²) < 4.78 is 0. The predicted octanol–water partition coefficient (Wildman–Crippen LogP) is 6.86. The van der Waals surface area contributed by atoms with Crippen molar-refractivity contribution in [2.24, 2.45) is 5.73 Å². The van der Waals surface area contributed by atoms with Crippen molar-refractivity contribution in [1.29, 1.82) is 5.26 Å². The molecule has 0 spiro atoms. The number of anilines is 1. The number of carbonyl (C=O) groups is 1. The van der Waals surface area contributed by atoms with Crippen LogP contribution in [0.1, 0.15) is 58.4 Å². The first kappa shape index (κ1) is 28.4. The highest BCUT2D eigenvalue weighted by Gasteiger charge is 2.14. The van der Waals surface area contributed by atoms with Crippen molar-refractivity contribution in [1.82, 2.24) is 4.98 Å². The summed E-state index contributed by atoms with van der Waals surface area (Å²) in [6, 6.07) is 15.4. The zero-order valence-electron chi connectivity index (χ0n) is 20.7. The third-order valence-corrected chi connectivity index (χ3v) is 5.26. The van der Waals surface area contributed by atoms with Crippen LogP contribution in [-0.2, 0) is 0 Å². The van der Waals surface area contributed by atoms with Crippen molar-refractivity contribution >= 4 is 28.8 Å². The van der Waals surface area contributed by atoms with Gasteiger partial charge in [-0.25, -0.2) is 0 Å². The van der Waals surface area contributed by atoms with E-state index in [9.17, 15) is 4.79 Å². The first-order chi connectivity index (χ1) is 16.2. The molecular weight excluding hydrogens is 444 g/mol. The highest BCUT2D eigenvalue weighted by Crippen LogP contribution is 2.35. The summed E-state index contributed by atoms with van der Waals surface area (Å²) in [5, 5.41) is 11.1. The Bertz CT molecular complexity index is 1160. The number of allylic oxidation sites excluding steroid dienone is 1. The average molecular weight is 477 g/mol. The van der Waals surface area contributed by atoms with Gasteiger partial charge in [0.05, 0.1) is 23.0 Å². The zero-order valence-corrected chi connectivity index (χ0v) is 21.5. The number of amides is 1. The van der Waals surface area contributed by atoms with Gasteiger partial charge >= 0.3 is 0 Å². The number of nitrogens with zero attached hydrogens (tertiary/aromatic N) is 2. The molecule has 3 aromatic rings. The number of nitrogens with one attached hydrogen (secondary N) is 1. The lowest BCUT2D eigenvalue weighted by atomic mass is 9.93. The number of benzene rings is 2. The molecule has 0 bridgehead atoms. The topological polar surface area (TPSA) is 91.8 Å². The van der Waals surface area contributed by atoms with Crippen LogP contribution in [0.4, 0.5) is 5.69 Å². The van der Waals surface area contributed by atoms with Gasteiger partial charge in [-0.1, -0.05) is 66.1 Å². The standard InChI is InChI=1S/C18H21ClN2.C8H9NO.C2H3N/c1-5-6-15(14-8-7-12(2)9-13(14)3)16-10-21-11-17(20-4)18(16)19;1-6-2-4-7(5-3-6)8(9)10;1-2-3/h6-11,20H,5H2,1-4H3;2-5H,1H3,(H2,9,10);1H3/b15-6+;;. The second kappa shape index (κ2) is 14.5. The van der Waals surface area contributed by atoms with Crippen molar-refractivity contribution in [2.75, 3.05) is 12.4 Å². The summed E-state index contributed by atoms with van der Waals surface area (Å²) in [4.78, 5) is 14.8. The molecule has 6 heteroatoms. The number of hydrogen-bond acceptors (Lipinski definition) is 4. The van der Waals surface area contributed by atoms with Crippen LogP contribution >= 0.6 is 11.6 Å². The first-order valence-corrected chi connectivity index (χ1v) is 11.3. The molecule has 178 valence electrons. The Kier molecular flexibility index (Phi) is 12.1. The Morgan fingerprint density at radius 2 is 1.68 bits per heavy atom. The second-order valence-corrected chi connectivity index (χ2v) is 7.97. The predicted molar refractivity (Wildman–Crippen MR) is 143 cm³/mol. The molecule has 5 nitrogen and oxygen atoms in total. The van der Waals surface area contributed by atoms with Crippen molar-refractivity contribution in [3.8, 4) is 6.07 Å². The van der Waals surface area contributed by atoms with E-state index in [-0.39, 0.29) is 5.91 Å². The van der Waals surface area contributed by atoms with Gasteiger partial charge in [0, 0.05) is 31.3 Å². The summed E-state index contributed by atoms with van der Waals surface area (Å²) in [6.45, 7) is 9.77. The molecule has 1 amide bonds. The van der Waals surface area contributed by atoms with Gasteiger partial charge in [0.15, 0.2) is 0 Å². The zero-order chi connectivity index (χ0) is 25.7. The van der Waals surface area contributed by atoms with E-state index in [4.69, 9.17) is 22.6 Å². The van der Waals surface area contributed by atoms with Gasteiger partial charge in [-0.05, 0) is 56.0 Å². The van der Waals surface area contributed by atoms with E-state index in [0.717, 1.165) is 28.8 Å². The van der Waals surface area contributed by atoms with Crippen LogP contribution in [0.2, 0.25) is 5.02 Å². The Balaban J connectivity index is 0.000000369. The van der Waals surface area contributed by atoms with Crippen LogP contribution in [0.25, 0.3) is 5.57 Å². The maximum atomic E-state index is 10.5. The molecule has 0 unspecified atom stereocenters. The molecule has 1 aromatic heterocycles. The normalized spacial score (nSPS) is 10.1. The van der Waals surface area contributed by atoms with E-state index in [0.29, 0.717) is 10.6 Å². The Hall–Kier alpha value is -3.62. The van der Waals surface area contributed by atoms with Crippen LogP contribution in [0.3, 0.4) is 0 Å². The summed E-state index contributed by atoms with van der Waals surface area (Å²) in [5.41, 5.74) is 13.4. The molecule has 2 aromatic carbocycles. The van der Waals surface area contributed by atoms with Gasteiger partial charge < -0.3 is 11.1 Å². The summed E-state index contributed by atoms with van der Waals surface area (Å²) in [7, 11) is 1.85. The minimum atomic E-state index is -0.375.